The predicted molar refractivity (Wildman–Crippen MR) is 79.5 cm³/mol. The number of hydrogen-bond donors (Lipinski definition) is 1. The fourth-order valence-electron chi connectivity index (χ4n) is 2.34. The molecule has 3 nitrogen and oxygen atoms in total. The second kappa shape index (κ2) is 5.78. The molecule has 2 aromatic rings. The minimum Gasteiger partial charge on any atom is -0.496 e. The van der Waals surface area contributed by atoms with E-state index in [9.17, 15) is 4.79 Å². The summed E-state index contributed by atoms with van der Waals surface area (Å²) in [6.07, 6.45) is 0.892. The minimum absolute atomic E-state index is 0.315. The average Bonchev–Trinajstić information content (AvgIpc) is 2.46. The molecule has 0 saturated carbocycles. The average molecular weight is 270 g/mol. The molecule has 0 heterocycles. The summed E-state index contributed by atoms with van der Waals surface area (Å²) < 4.78 is 5.33. The Morgan fingerprint density at radius 2 is 1.95 bits per heavy atom. The summed E-state index contributed by atoms with van der Waals surface area (Å²) in [5, 5.41) is 9.00. The SMILES string of the molecule is CCc1cc(-c2ccc(C(=O)O)cc2C)ccc1OC. The topological polar surface area (TPSA) is 46.5 Å². The summed E-state index contributed by atoms with van der Waals surface area (Å²) in [6.45, 7) is 4.01. The maximum atomic E-state index is 11.0. The first-order valence-corrected chi connectivity index (χ1v) is 6.58. The van der Waals surface area contributed by atoms with Gasteiger partial charge in [-0.15, -0.1) is 0 Å². The van der Waals surface area contributed by atoms with Crippen LogP contribution in [0.4, 0.5) is 0 Å². The number of carboxylic acid groups (broad SMARTS) is 1. The molecule has 104 valence electrons. The lowest BCUT2D eigenvalue weighted by Gasteiger charge is -2.11. The van der Waals surface area contributed by atoms with Crippen LogP contribution in [0.3, 0.4) is 0 Å². The second-order valence-electron chi connectivity index (χ2n) is 4.72. The van der Waals surface area contributed by atoms with Crippen LogP contribution in [0.25, 0.3) is 11.1 Å². The Labute approximate surface area is 118 Å². The molecule has 0 spiro atoms. The minimum atomic E-state index is -0.899. The highest BCUT2D eigenvalue weighted by molar-refractivity contribution is 5.89. The summed E-state index contributed by atoms with van der Waals surface area (Å²) in [5.41, 5.74) is 4.55. The number of ether oxygens (including phenoxy) is 1. The zero-order valence-electron chi connectivity index (χ0n) is 11.9. The Hall–Kier alpha value is -2.29. The number of hydrogen-bond acceptors (Lipinski definition) is 2. The summed E-state index contributed by atoms with van der Waals surface area (Å²) in [6, 6.07) is 11.3. The first-order valence-electron chi connectivity index (χ1n) is 6.58. The van der Waals surface area contributed by atoms with Gasteiger partial charge in [-0.05, 0) is 59.9 Å². The lowest BCUT2D eigenvalue weighted by Crippen LogP contribution is -1.97. The van der Waals surface area contributed by atoms with Crippen LogP contribution < -0.4 is 4.74 Å². The highest BCUT2D eigenvalue weighted by Crippen LogP contribution is 2.29. The van der Waals surface area contributed by atoms with E-state index in [0.29, 0.717) is 5.56 Å². The van der Waals surface area contributed by atoms with Crippen molar-refractivity contribution in [3.05, 3.63) is 53.1 Å². The van der Waals surface area contributed by atoms with Gasteiger partial charge < -0.3 is 9.84 Å². The van der Waals surface area contributed by atoms with Crippen molar-refractivity contribution >= 4 is 5.97 Å². The third-order valence-corrected chi connectivity index (χ3v) is 3.45. The van der Waals surface area contributed by atoms with Crippen molar-refractivity contribution in [2.24, 2.45) is 0 Å². The van der Waals surface area contributed by atoms with Crippen molar-refractivity contribution in [3.8, 4) is 16.9 Å². The van der Waals surface area contributed by atoms with E-state index in [4.69, 9.17) is 9.84 Å². The molecular formula is C17H18O3. The largest absolute Gasteiger partial charge is 0.496 e. The van der Waals surface area contributed by atoms with Crippen molar-refractivity contribution in [2.45, 2.75) is 20.3 Å². The van der Waals surface area contributed by atoms with Crippen LogP contribution in [0.2, 0.25) is 0 Å². The molecule has 0 bridgehead atoms. The van der Waals surface area contributed by atoms with Gasteiger partial charge in [0.05, 0.1) is 12.7 Å². The van der Waals surface area contributed by atoms with Crippen LogP contribution in [0.5, 0.6) is 5.75 Å². The molecule has 0 aromatic heterocycles. The molecule has 0 radical (unpaired) electrons. The van der Waals surface area contributed by atoms with E-state index in [-0.39, 0.29) is 0 Å². The third kappa shape index (κ3) is 2.67. The highest BCUT2D eigenvalue weighted by atomic mass is 16.5. The number of rotatable bonds is 4. The Kier molecular flexibility index (Phi) is 4.08. The maximum absolute atomic E-state index is 11.0. The molecule has 20 heavy (non-hydrogen) atoms. The first kappa shape index (κ1) is 14.1. The van der Waals surface area contributed by atoms with Gasteiger partial charge in [-0.25, -0.2) is 4.79 Å². The maximum Gasteiger partial charge on any atom is 0.335 e. The molecule has 0 aliphatic rings. The van der Waals surface area contributed by atoms with Crippen LogP contribution in [0.1, 0.15) is 28.4 Å². The van der Waals surface area contributed by atoms with Crippen LogP contribution in [0, 0.1) is 6.92 Å². The van der Waals surface area contributed by atoms with Gasteiger partial charge in [0.2, 0.25) is 0 Å². The molecule has 0 saturated heterocycles. The molecule has 0 atom stereocenters. The summed E-state index contributed by atoms with van der Waals surface area (Å²) in [4.78, 5) is 11.0. The van der Waals surface area contributed by atoms with E-state index in [1.807, 2.05) is 25.1 Å². The molecule has 2 aromatic carbocycles. The van der Waals surface area contributed by atoms with Gasteiger partial charge in [-0.2, -0.15) is 0 Å². The summed E-state index contributed by atoms with van der Waals surface area (Å²) in [5.74, 6) is -0.0142. The van der Waals surface area contributed by atoms with Gasteiger partial charge in [0.1, 0.15) is 5.75 Å². The van der Waals surface area contributed by atoms with Crippen molar-refractivity contribution in [3.63, 3.8) is 0 Å². The quantitative estimate of drug-likeness (QED) is 0.915. The zero-order valence-corrected chi connectivity index (χ0v) is 11.9. The number of aryl methyl sites for hydroxylation is 2. The first-order chi connectivity index (χ1) is 9.56. The Morgan fingerprint density at radius 1 is 1.20 bits per heavy atom. The smallest absolute Gasteiger partial charge is 0.335 e. The third-order valence-electron chi connectivity index (χ3n) is 3.45. The van der Waals surface area contributed by atoms with E-state index in [1.54, 1.807) is 19.2 Å². The van der Waals surface area contributed by atoms with E-state index in [0.717, 1.165) is 34.4 Å². The van der Waals surface area contributed by atoms with Crippen molar-refractivity contribution in [2.75, 3.05) is 7.11 Å². The number of benzene rings is 2. The summed E-state index contributed by atoms with van der Waals surface area (Å²) >= 11 is 0. The number of methoxy groups -OCH3 is 1. The van der Waals surface area contributed by atoms with Gasteiger partial charge in [0.25, 0.3) is 0 Å². The fraction of sp³-hybridized carbons (Fsp3) is 0.235. The van der Waals surface area contributed by atoms with Crippen LogP contribution in [-0.2, 0) is 6.42 Å². The van der Waals surface area contributed by atoms with Gasteiger partial charge in [-0.1, -0.05) is 19.1 Å². The number of carboxylic acids is 1. The standard InChI is InChI=1S/C17H18O3/c1-4-12-10-13(6-8-16(12)20-3)15-7-5-14(17(18)19)9-11(15)2/h5-10H,4H2,1-3H3,(H,18,19). The fourth-order valence-corrected chi connectivity index (χ4v) is 2.34. The van der Waals surface area contributed by atoms with Gasteiger partial charge in [0, 0.05) is 0 Å². The van der Waals surface area contributed by atoms with E-state index in [1.165, 1.54) is 0 Å². The molecule has 0 unspecified atom stereocenters. The van der Waals surface area contributed by atoms with E-state index in [2.05, 4.69) is 13.0 Å². The molecule has 1 N–H and O–H groups in total. The molecule has 0 fully saturated rings. The normalized spacial score (nSPS) is 10.3. The van der Waals surface area contributed by atoms with E-state index < -0.39 is 5.97 Å². The number of aromatic carboxylic acids is 1. The van der Waals surface area contributed by atoms with Gasteiger partial charge in [-0.3, -0.25) is 0 Å². The lowest BCUT2D eigenvalue weighted by atomic mass is 9.96. The van der Waals surface area contributed by atoms with Crippen molar-refractivity contribution in [1.82, 2.24) is 0 Å². The predicted octanol–water partition coefficient (Wildman–Crippen LogP) is 3.93. The monoisotopic (exact) mass is 270 g/mol. The van der Waals surface area contributed by atoms with Crippen LogP contribution in [-0.4, -0.2) is 18.2 Å². The van der Waals surface area contributed by atoms with E-state index >= 15 is 0 Å². The van der Waals surface area contributed by atoms with Crippen molar-refractivity contribution < 1.29 is 14.6 Å². The second-order valence-corrected chi connectivity index (χ2v) is 4.72. The lowest BCUT2D eigenvalue weighted by molar-refractivity contribution is 0.0697. The molecule has 3 heteroatoms. The van der Waals surface area contributed by atoms with Gasteiger partial charge >= 0.3 is 5.97 Å². The zero-order chi connectivity index (χ0) is 14.7. The Balaban J connectivity index is 2.49. The molecule has 0 aliphatic heterocycles. The highest BCUT2D eigenvalue weighted by Gasteiger charge is 2.09. The molecular weight excluding hydrogens is 252 g/mol. The van der Waals surface area contributed by atoms with Crippen molar-refractivity contribution in [1.29, 1.82) is 0 Å². The van der Waals surface area contributed by atoms with Crippen LogP contribution >= 0.6 is 0 Å². The molecule has 0 amide bonds. The Morgan fingerprint density at radius 3 is 2.50 bits per heavy atom. The van der Waals surface area contributed by atoms with Gasteiger partial charge in [0.15, 0.2) is 0 Å². The molecule has 0 aliphatic carbocycles. The van der Waals surface area contributed by atoms with Crippen LogP contribution in [0.15, 0.2) is 36.4 Å². The molecule has 2 rings (SSSR count). The number of carbonyl (C=O) groups is 1. The summed E-state index contributed by atoms with van der Waals surface area (Å²) in [7, 11) is 1.67. The Bertz CT molecular complexity index is 645.